The first kappa shape index (κ1) is 26.5. The van der Waals surface area contributed by atoms with Gasteiger partial charge in [-0.05, 0) is 69.1 Å². The van der Waals surface area contributed by atoms with Gasteiger partial charge in [-0.25, -0.2) is 0 Å². The predicted molar refractivity (Wildman–Crippen MR) is 133 cm³/mol. The third kappa shape index (κ3) is 12.0. The molecule has 0 bridgehead atoms. The Kier molecular flexibility index (Phi) is 14.8. The number of allylic oxidation sites excluding steroid dienone is 2. The quantitative estimate of drug-likeness (QED) is 0.238. The maximum absolute atomic E-state index is 4.35. The van der Waals surface area contributed by atoms with Crippen molar-refractivity contribution in [3.63, 3.8) is 0 Å². The van der Waals surface area contributed by atoms with Gasteiger partial charge in [0.15, 0.2) is 0 Å². The molecular weight excluding hydrogens is 348 g/mol. The minimum absolute atomic E-state index is 0.756. The molecule has 3 atom stereocenters. The number of rotatable bonds is 11. The van der Waals surface area contributed by atoms with Gasteiger partial charge in [0.1, 0.15) is 0 Å². The molecule has 29 heavy (non-hydrogen) atoms. The van der Waals surface area contributed by atoms with Crippen LogP contribution in [-0.2, 0) is 0 Å². The highest BCUT2D eigenvalue weighted by atomic mass is 14.3. The lowest BCUT2D eigenvalue weighted by molar-refractivity contribution is 0.237. The topological polar surface area (TPSA) is 0 Å². The Bertz CT molecular complexity index is 425. The van der Waals surface area contributed by atoms with Crippen LogP contribution in [0.5, 0.6) is 0 Å². The van der Waals surface area contributed by atoms with Gasteiger partial charge in [0.05, 0.1) is 0 Å². The van der Waals surface area contributed by atoms with E-state index in [1.54, 1.807) is 0 Å². The average molecular weight is 403 g/mol. The molecule has 0 heterocycles. The van der Waals surface area contributed by atoms with E-state index in [9.17, 15) is 0 Å². The molecule has 2 aliphatic rings. The molecule has 0 saturated heterocycles. The lowest BCUT2D eigenvalue weighted by atomic mass is 9.77. The first-order chi connectivity index (χ1) is 14.0. The average Bonchev–Trinajstić information content (AvgIpc) is 2.73. The van der Waals surface area contributed by atoms with Crippen LogP contribution < -0.4 is 0 Å². The maximum atomic E-state index is 4.35. The number of hydrogen-bond donors (Lipinski definition) is 0. The molecule has 2 saturated carbocycles. The van der Waals surface area contributed by atoms with Crippen LogP contribution in [0.25, 0.3) is 0 Å². The lowest BCUT2D eigenvalue weighted by Gasteiger charge is -2.29. The van der Waals surface area contributed by atoms with Crippen molar-refractivity contribution in [1.82, 2.24) is 0 Å². The van der Waals surface area contributed by atoms with Crippen LogP contribution in [0, 0.1) is 23.7 Å². The standard InChI is InChI=1S/C18H32.C11H22/c1-15(2)11-7-5-8-12-16(3)17(4)18-13-9-6-10-14-18;1-3-4-8-11-9-6-5-7-10(11)2/h17-18H,1,3,5-14H2,2,4H3;10-11H,3-9H2,1-2H3. The van der Waals surface area contributed by atoms with Crippen molar-refractivity contribution in [3.05, 3.63) is 24.3 Å². The number of hydrogen-bond acceptors (Lipinski definition) is 0. The summed E-state index contributed by atoms with van der Waals surface area (Å²) in [5.74, 6) is 3.78. The summed E-state index contributed by atoms with van der Waals surface area (Å²) in [6.45, 7) is 17.6. The zero-order valence-corrected chi connectivity index (χ0v) is 20.7. The van der Waals surface area contributed by atoms with Crippen LogP contribution in [0.4, 0.5) is 0 Å². The van der Waals surface area contributed by atoms with Gasteiger partial charge in [0.2, 0.25) is 0 Å². The predicted octanol–water partition coefficient (Wildman–Crippen LogP) is 10.3. The van der Waals surface area contributed by atoms with Gasteiger partial charge in [0.25, 0.3) is 0 Å². The molecule has 0 nitrogen and oxygen atoms in total. The third-order valence-corrected chi connectivity index (χ3v) is 7.82. The summed E-state index contributed by atoms with van der Waals surface area (Å²) in [4.78, 5) is 0. The highest BCUT2D eigenvalue weighted by molar-refractivity contribution is 5.01. The molecule has 2 aliphatic carbocycles. The van der Waals surface area contributed by atoms with E-state index in [2.05, 4.69) is 40.9 Å². The second-order valence-electron chi connectivity index (χ2n) is 10.5. The largest absolute Gasteiger partial charge is 0.100 e. The molecule has 0 radical (unpaired) electrons. The van der Waals surface area contributed by atoms with E-state index in [0.29, 0.717) is 0 Å². The Balaban J connectivity index is 0.000000326. The summed E-state index contributed by atoms with van der Waals surface area (Å²) >= 11 is 0. The molecule has 2 rings (SSSR count). The first-order valence-corrected chi connectivity index (χ1v) is 13.3. The minimum Gasteiger partial charge on any atom is -0.100 e. The van der Waals surface area contributed by atoms with E-state index in [1.807, 2.05) is 0 Å². The Morgan fingerprint density at radius 2 is 1.45 bits per heavy atom. The zero-order chi connectivity index (χ0) is 21.5. The lowest BCUT2D eigenvalue weighted by Crippen LogP contribution is -2.16. The smallest absolute Gasteiger partial charge is 0.0206 e. The van der Waals surface area contributed by atoms with Crippen molar-refractivity contribution < 1.29 is 0 Å². The van der Waals surface area contributed by atoms with Gasteiger partial charge in [-0.2, -0.15) is 0 Å². The van der Waals surface area contributed by atoms with E-state index in [4.69, 9.17) is 0 Å². The molecule has 2 fully saturated rings. The second-order valence-corrected chi connectivity index (χ2v) is 10.5. The molecule has 0 spiro atoms. The summed E-state index contributed by atoms with van der Waals surface area (Å²) in [7, 11) is 0. The van der Waals surface area contributed by atoms with Gasteiger partial charge in [-0.1, -0.05) is 109 Å². The summed E-state index contributed by atoms with van der Waals surface area (Å²) in [6.07, 6.45) is 24.0. The zero-order valence-electron chi connectivity index (χ0n) is 20.7. The normalized spacial score (nSPS) is 23.7. The van der Waals surface area contributed by atoms with Crippen molar-refractivity contribution in [2.75, 3.05) is 0 Å². The molecule has 170 valence electrons. The van der Waals surface area contributed by atoms with Crippen LogP contribution in [0.3, 0.4) is 0 Å². The second kappa shape index (κ2) is 16.2. The van der Waals surface area contributed by atoms with Crippen molar-refractivity contribution in [2.45, 2.75) is 137 Å². The van der Waals surface area contributed by atoms with Crippen molar-refractivity contribution in [1.29, 1.82) is 0 Å². The van der Waals surface area contributed by atoms with Gasteiger partial charge in [0, 0.05) is 0 Å². The van der Waals surface area contributed by atoms with Crippen molar-refractivity contribution >= 4 is 0 Å². The third-order valence-electron chi connectivity index (χ3n) is 7.82. The summed E-state index contributed by atoms with van der Waals surface area (Å²) in [6, 6.07) is 0. The van der Waals surface area contributed by atoms with Crippen LogP contribution in [-0.4, -0.2) is 0 Å². The Labute approximate surface area is 185 Å². The fourth-order valence-electron chi connectivity index (χ4n) is 5.44. The fraction of sp³-hybridized carbons (Fsp3) is 0.862. The van der Waals surface area contributed by atoms with E-state index < -0.39 is 0 Å². The van der Waals surface area contributed by atoms with E-state index in [-0.39, 0.29) is 0 Å². The molecule has 0 heteroatoms. The number of unbranched alkanes of at least 4 members (excludes halogenated alkanes) is 3. The SMILES string of the molecule is C=C(C)CCCCCC(=C)C(C)C1CCCCC1.CCCCC1CCCCC1C. The molecule has 0 amide bonds. The van der Waals surface area contributed by atoms with E-state index >= 15 is 0 Å². The summed E-state index contributed by atoms with van der Waals surface area (Å²) in [5.41, 5.74) is 2.83. The summed E-state index contributed by atoms with van der Waals surface area (Å²) in [5, 5.41) is 0. The fourth-order valence-corrected chi connectivity index (χ4v) is 5.44. The highest BCUT2D eigenvalue weighted by Crippen LogP contribution is 2.35. The van der Waals surface area contributed by atoms with Crippen LogP contribution in [0.15, 0.2) is 24.3 Å². The van der Waals surface area contributed by atoms with Gasteiger partial charge >= 0.3 is 0 Å². The monoisotopic (exact) mass is 402 g/mol. The molecule has 0 aliphatic heterocycles. The maximum Gasteiger partial charge on any atom is -0.0206 e. The highest BCUT2D eigenvalue weighted by Gasteiger charge is 2.21. The first-order valence-electron chi connectivity index (χ1n) is 13.3. The minimum atomic E-state index is 0.756. The molecular formula is C29H54. The molecule has 0 aromatic carbocycles. The molecule has 0 aromatic heterocycles. The van der Waals surface area contributed by atoms with E-state index in [1.165, 1.54) is 120 Å². The molecule has 3 unspecified atom stereocenters. The molecule has 0 N–H and O–H groups in total. The summed E-state index contributed by atoms with van der Waals surface area (Å²) < 4.78 is 0. The van der Waals surface area contributed by atoms with E-state index in [0.717, 1.165) is 23.7 Å². The van der Waals surface area contributed by atoms with Crippen LogP contribution in [0.2, 0.25) is 0 Å². The Morgan fingerprint density at radius 3 is 2.07 bits per heavy atom. The van der Waals surface area contributed by atoms with Crippen molar-refractivity contribution in [3.8, 4) is 0 Å². The van der Waals surface area contributed by atoms with Gasteiger partial charge in [-0.15, -0.1) is 6.58 Å². The van der Waals surface area contributed by atoms with Crippen LogP contribution in [0.1, 0.15) is 137 Å². The van der Waals surface area contributed by atoms with Gasteiger partial charge in [-0.3, -0.25) is 0 Å². The Morgan fingerprint density at radius 1 is 0.828 bits per heavy atom. The Hall–Kier alpha value is -0.520. The van der Waals surface area contributed by atoms with Crippen molar-refractivity contribution in [2.24, 2.45) is 23.7 Å². The van der Waals surface area contributed by atoms with Crippen LogP contribution >= 0.6 is 0 Å². The molecule has 0 aromatic rings. The van der Waals surface area contributed by atoms with Gasteiger partial charge < -0.3 is 0 Å².